The molecule has 2 heterocycles. The van der Waals surface area contributed by atoms with E-state index in [1.54, 1.807) is 25.5 Å². The van der Waals surface area contributed by atoms with Crippen LogP contribution < -0.4 is 19.6 Å². The van der Waals surface area contributed by atoms with E-state index >= 15 is 0 Å². The molecule has 10 heteroatoms. The van der Waals surface area contributed by atoms with Crippen molar-refractivity contribution in [3.63, 3.8) is 0 Å². The number of rotatable bonds is 5. The van der Waals surface area contributed by atoms with E-state index in [0.29, 0.717) is 20.6 Å². The van der Waals surface area contributed by atoms with Gasteiger partial charge in [-0.15, -0.1) is 0 Å². The zero-order chi connectivity index (χ0) is 24.6. The number of carbonyl (C=O) groups excluding carboxylic acids is 1. The fraction of sp³-hybridized carbons (Fsp3) is 0.208. The quantitative estimate of drug-likeness (QED) is 0.278. The van der Waals surface area contributed by atoms with Gasteiger partial charge >= 0.3 is 5.97 Å². The van der Waals surface area contributed by atoms with E-state index in [2.05, 4.69) is 66.1 Å². The molecular formula is C24H19BrI2N2O4S. The second kappa shape index (κ2) is 10.6. The third kappa shape index (κ3) is 4.91. The molecule has 0 saturated heterocycles. The molecule has 0 aliphatic carbocycles. The maximum absolute atomic E-state index is 13.7. The fourth-order valence-corrected chi connectivity index (χ4v) is 7.33. The van der Waals surface area contributed by atoms with Crippen LogP contribution in [0.4, 0.5) is 0 Å². The van der Waals surface area contributed by atoms with Crippen molar-refractivity contribution in [1.29, 1.82) is 0 Å². The van der Waals surface area contributed by atoms with Crippen molar-refractivity contribution in [3.05, 3.63) is 90.1 Å². The molecule has 1 atom stereocenters. The lowest BCUT2D eigenvalue weighted by molar-refractivity contribution is -0.139. The Kier molecular flexibility index (Phi) is 7.99. The molecule has 1 aliphatic heterocycles. The van der Waals surface area contributed by atoms with Crippen molar-refractivity contribution in [3.8, 4) is 5.75 Å². The molecule has 1 aliphatic rings. The molecule has 0 bridgehead atoms. The number of hydrogen-bond donors (Lipinski definition) is 0. The summed E-state index contributed by atoms with van der Waals surface area (Å²) in [5.74, 6) is 0.343. The highest BCUT2D eigenvalue weighted by molar-refractivity contribution is 14.1. The van der Waals surface area contributed by atoms with Crippen molar-refractivity contribution in [1.82, 2.24) is 4.57 Å². The van der Waals surface area contributed by atoms with E-state index in [0.717, 1.165) is 28.5 Å². The highest BCUT2D eigenvalue weighted by atomic mass is 127. The molecule has 0 fully saturated rings. The predicted octanol–water partition coefficient (Wildman–Crippen LogP) is 4.78. The number of thiazole rings is 1. The number of nitrogens with zero attached hydrogens (tertiary/aromatic N) is 2. The topological polar surface area (TPSA) is 69.9 Å². The minimum atomic E-state index is -0.623. The van der Waals surface area contributed by atoms with Crippen LogP contribution in [0.5, 0.6) is 5.75 Å². The number of aromatic nitrogens is 1. The summed E-state index contributed by atoms with van der Waals surface area (Å²) in [4.78, 5) is 31.8. The van der Waals surface area contributed by atoms with Crippen molar-refractivity contribution in [2.75, 3.05) is 13.7 Å². The fourth-order valence-electron chi connectivity index (χ4n) is 3.76. The minimum Gasteiger partial charge on any atom is -0.495 e. The first-order valence-corrected chi connectivity index (χ1v) is 14.0. The normalized spacial score (nSPS) is 15.7. The van der Waals surface area contributed by atoms with Crippen LogP contribution in [0.1, 0.15) is 31.0 Å². The van der Waals surface area contributed by atoms with Gasteiger partial charge in [0.15, 0.2) is 4.80 Å². The molecule has 0 unspecified atom stereocenters. The van der Waals surface area contributed by atoms with Gasteiger partial charge in [-0.25, -0.2) is 9.79 Å². The number of allylic oxidation sites excluding steroid dienone is 1. The molecule has 1 aromatic heterocycles. The minimum absolute atomic E-state index is 0.202. The maximum atomic E-state index is 13.7. The van der Waals surface area contributed by atoms with Crippen LogP contribution in [-0.4, -0.2) is 24.3 Å². The van der Waals surface area contributed by atoms with Gasteiger partial charge < -0.3 is 9.47 Å². The first-order chi connectivity index (χ1) is 16.2. The standard InChI is InChI=1S/C24H19BrI2N2O4S/c1-4-33-23(31)19-12(2)28-24-29(20(19)14-5-7-15(25)8-6-14)22(30)18(34-24)11-13-9-16(26)21(32-3)17(27)10-13/h5-11,20H,4H2,1-3H3/b18-11-/t20-/m0/s1. The van der Waals surface area contributed by atoms with Crippen LogP contribution in [0.25, 0.3) is 6.08 Å². The Bertz CT molecular complexity index is 1470. The van der Waals surface area contributed by atoms with E-state index < -0.39 is 12.0 Å². The summed E-state index contributed by atoms with van der Waals surface area (Å²) in [5.41, 5.74) is 2.42. The van der Waals surface area contributed by atoms with Crippen LogP contribution in [-0.2, 0) is 9.53 Å². The van der Waals surface area contributed by atoms with Gasteiger partial charge in [-0.3, -0.25) is 9.36 Å². The van der Waals surface area contributed by atoms with Gasteiger partial charge in [0, 0.05) is 4.47 Å². The van der Waals surface area contributed by atoms with Crippen molar-refractivity contribution in [2.45, 2.75) is 19.9 Å². The largest absolute Gasteiger partial charge is 0.495 e. The molecule has 0 radical (unpaired) electrons. The lowest BCUT2D eigenvalue weighted by Crippen LogP contribution is -2.39. The molecule has 176 valence electrons. The third-order valence-corrected chi connectivity index (χ3v) is 8.34. The summed E-state index contributed by atoms with van der Waals surface area (Å²) in [6.07, 6.45) is 1.86. The summed E-state index contributed by atoms with van der Waals surface area (Å²) < 4.78 is 15.7. The molecule has 34 heavy (non-hydrogen) atoms. The summed E-state index contributed by atoms with van der Waals surface area (Å²) in [7, 11) is 1.64. The molecular weight excluding hydrogens is 746 g/mol. The molecule has 0 spiro atoms. The summed E-state index contributed by atoms with van der Waals surface area (Å²) >= 11 is 9.21. The molecule has 0 amide bonds. The zero-order valence-electron chi connectivity index (χ0n) is 18.4. The van der Waals surface area contributed by atoms with Crippen LogP contribution in [0, 0.1) is 7.14 Å². The van der Waals surface area contributed by atoms with E-state index in [9.17, 15) is 9.59 Å². The smallest absolute Gasteiger partial charge is 0.338 e. The first kappa shape index (κ1) is 25.6. The zero-order valence-corrected chi connectivity index (χ0v) is 25.1. The number of fused-ring (bicyclic) bond motifs is 1. The summed E-state index contributed by atoms with van der Waals surface area (Å²) in [5, 5.41) is 0. The van der Waals surface area contributed by atoms with Gasteiger partial charge in [-0.05, 0) is 100 Å². The van der Waals surface area contributed by atoms with Gasteiger partial charge in [0.25, 0.3) is 5.56 Å². The Balaban J connectivity index is 1.94. The number of ether oxygens (including phenoxy) is 2. The molecule has 6 nitrogen and oxygen atoms in total. The average molecular weight is 765 g/mol. The van der Waals surface area contributed by atoms with Crippen molar-refractivity contribution in [2.24, 2.45) is 4.99 Å². The average Bonchev–Trinajstić information content (AvgIpc) is 3.08. The first-order valence-electron chi connectivity index (χ1n) is 10.2. The highest BCUT2D eigenvalue weighted by Crippen LogP contribution is 2.32. The third-order valence-electron chi connectivity index (χ3n) is 5.23. The number of benzene rings is 2. The highest BCUT2D eigenvalue weighted by Gasteiger charge is 2.33. The molecule has 0 saturated carbocycles. The summed E-state index contributed by atoms with van der Waals surface area (Å²) in [6, 6.07) is 10.9. The van der Waals surface area contributed by atoms with Crippen LogP contribution in [0.15, 0.2) is 61.9 Å². The molecule has 3 aromatic rings. The number of esters is 1. The van der Waals surface area contributed by atoms with E-state index in [-0.39, 0.29) is 12.2 Å². The second-order valence-electron chi connectivity index (χ2n) is 7.37. The SMILES string of the molecule is CCOC(=O)C1=C(C)N=c2s/c(=C\c3cc(I)c(OC)c(I)c3)c(=O)n2[C@H]1c1ccc(Br)cc1. The van der Waals surface area contributed by atoms with Crippen LogP contribution in [0.2, 0.25) is 0 Å². The van der Waals surface area contributed by atoms with Gasteiger partial charge in [0.2, 0.25) is 0 Å². The molecule has 4 rings (SSSR count). The monoisotopic (exact) mass is 764 g/mol. The summed E-state index contributed by atoms with van der Waals surface area (Å²) in [6.45, 7) is 3.78. The number of carbonyl (C=O) groups is 1. The van der Waals surface area contributed by atoms with E-state index in [1.165, 1.54) is 11.3 Å². The van der Waals surface area contributed by atoms with Gasteiger partial charge in [0.05, 0.1) is 42.7 Å². The Morgan fingerprint density at radius 2 is 1.88 bits per heavy atom. The Hall–Kier alpha value is -1.51. The van der Waals surface area contributed by atoms with Gasteiger partial charge in [0.1, 0.15) is 5.75 Å². The lowest BCUT2D eigenvalue weighted by Gasteiger charge is -2.24. The number of hydrogen-bond acceptors (Lipinski definition) is 6. The van der Waals surface area contributed by atoms with Crippen LogP contribution >= 0.6 is 72.4 Å². The van der Waals surface area contributed by atoms with Crippen LogP contribution in [0.3, 0.4) is 0 Å². The Morgan fingerprint density at radius 3 is 2.47 bits per heavy atom. The van der Waals surface area contributed by atoms with Gasteiger partial charge in [-0.1, -0.05) is 39.4 Å². The second-order valence-corrected chi connectivity index (χ2v) is 11.6. The van der Waals surface area contributed by atoms with E-state index in [4.69, 9.17) is 9.47 Å². The number of halogens is 3. The van der Waals surface area contributed by atoms with Crippen molar-refractivity contribution >= 4 is 84.5 Å². The molecule has 2 aromatic carbocycles. The Labute approximate surface area is 235 Å². The Morgan fingerprint density at radius 1 is 1.24 bits per heavy atom. The maximum Gasteiger partial charge on any atom is 0.338 e. The number of methoxy groups -OCH3 is 1. The molecule has 0 N–H and O–H groups in total. The lowest BCUT2D eigenvalue weighted by atomic mass is 9.96. The van der Waals surface area contributed by atoms with E-state index in [1.807, 2.05) is 42.5 Å². The van der Waals surface area contributed by atoms with Gasteiger partial charge in [-0.2, -0.15) is 0 Å². The predicted molar refractivity (Wildman–Crippen MR) is 153 cm³/mol. The van der Waals surface area contributed by atoms with Crippen molar-refractivity contribution < 1.29 is 14.3 Å².